The molecule has 1 saturated carbocycles. The molecule has 3 aromatic rings. The van der Waals surface area contributed by atoms with Crippen molar-refractivity contribution in [3.05, 3.63) is 45.5 Å². The Morgan fingerprint density at radius 3 is 2.69 bits per heavy atom. The maximum Gasteiger partial charge on any atom is 0.330 e. The quantitative estimate of drug-likeness (QED) is 0.693. The Hall–Kier alpha value is -2.54. The first-order valence-corrected chi connectivity index (χ1v) is 10.5. The zero-order valence-electron chi connectivity index (χ0n) is 16.4. The van der Waals surface area contributed by atoms with E-state index in [9.17, 15) is 9.90 Å². The molecule has 1 fully saturated rings. The molecule has 0 bridgehead atoms. The first-order chi connectivity index (χ1) is 14.0. The average molecular weight is 414 g/mol. The molecule has 1 aromatic carbocycles. The highest BCUT2D eigenvalue weighted by molar-refractivity contribution is 6.36. The molecule has 2 aliphatic carbocycles. The van der Waals surface area contributed by atoms with E-state index in [4.69, 9.17) is 11.6 Å². The minimum Gasteiger partial charge on any atom is -0.493 e. The second-order valence-electron chi connectivity index (χ2n) is 8.36. The number of hydrogen-bond donors (Lipinski definition) is 1. The van der Waals surface area contributed by atoms with Crippen molar-refractivity contribution in [2.45, 2.75) is 45.2 Å². The normalized spacial score (nSPS) is 19.7. The Bertz CT molecular complexity index is 1170. The number of rotatable bonds is 5. The molecule has 1 unspecified atom stereocenters. The zero-order chi connectivity index (χ0) is 20.1. The fourth-order valence-electron chi connectivity index (χ4n) is 4.21. The van der Waals surface area contributed by atoms with E-state index in [0.717, 1.165) is 48.3 Å². The molecule has 0 radical (unpaired) electrons. The molecule has 0 amide bonds. The molecule has 1 N–H and O–H groups in total. The van der Waals surface area contributed by atoms with Crippen LogP contribution in [0.3, 0.4) is 0 Å². The summed E-state index contributed by atoms with van der Waals surface area (Å²) in [5.74, 6) is 1.09. The van der Waals surface area contributed by atoms with Gasteiger partial charge in [-0.1, -0.05) is 29.0 Å². The number of halogens is 1. The number of aromatic hydroxyl groups is 1. The van der Waals surface area contributed by atoms with Gasteiger partial charge in [-0.3, -0.25) is 9.13 Å². The summed E-state index contributed by atoms with van der Waals surface area (Å²) in [6.07, 6.45) is 9.03. The van der Waals surface area contributed by atoms with Crippen molar-refractivity contribution in [3.8, 4) is 5.88 Å². The van der Waals surface area contributed by atoms with Crippen LogP contribution in [0.1, 0.15) is 37.7 Å². The lowest BCUT2D eigenvalue weighted by Gasteiger charge is -2.22. The van der Waals surface area contributed by atoms with E-state index in [0.29, 0.717) is 17.5 Å². The first kappa shape index (κ1) is 18.5. The van der Waals surface area contributed by atoms with Crippen molar-refractivity contribution in [2.24, 2.45) is 18.9 Å². The molecule has 0 saturated heterocycles. The largest absolute Gasteiger partial charge is 0.493 e. The summed E-state index contributed by atoms with van der Waals surface area (Å²) in [4.78, 5) is 12.1. The van der Waals surface area contributed by atoms with Gasteiger partial charge >= 0.3 is 5.69 Å². The molecule has 2 aromatic heterocycles. The summed E-state index contributed by atoms with van der Waals surface area (Å²) in [6.45, 7) is 1.53. The maximum atomic E-state index is 12.1. The summed E-state index contributed by atoms with van der Waals surface area (Å²) in [5.41, 5.74) is 3.86. The highest BCUT2D eigenvalue weighted by Gasteiger charge is 2.25. The van der Waals surface area contributed by atoms with Crippen molar-refractivity contribution in [2.75, 3.05) is 0 Å². The van der Waals surface area contributed by atoms with Gasteiger partial charge in [0.25, 0.3) is 0 Å². The highest BCUT2D eigenvalue weighted by atomic mass is 35.5. The Kier molecular flexibility index (Phi) is 4.50. The predicted molar refractivity (Wildman–Crippen MR) is 112 cm³/mol. The van der Waals surface area contributed by atoms with Crippen LogP contribution >= 0.6 is 11.6 Å². The lowest BCUT2D eigenvalue weighted by atomic mass is 9.86. The van der Waals surface area contributed by atoms with Crippen LogP contribution in [0.2, 0.25) is 5.02 Å². The number of hydrogen-bond acceptors (Lipinski definition) is 4. The average Bonchev–Trinajstić information content (AvgIpc) is 3.40. The molecule has 8 heteroatoms. The SMILES string of the molecule is Cn1c(O)cn(CC2CC=C(c3ccc4c(nnn4CC4CC4)c3Cl)CC2)c1=O. The number of fused-ring (bicyclic) bond motifs is 1. The van der Waals surface area contributed by atoms with E-state index < -0.39 is 0 Å². The molecular weight excluding hydrogens is 390 g/mol. The molecule has 152 valence electrons. The molecule has 2 aliphatic rings. The molecule has 7 nitrogen and oxygen atoms in total. The monoisotopic (exact) mass is 413 g/mol. The van der Waals surface area contributed by atoms with E-state index in [1.54, 1.807) is 11.6 Å². The van der Waals surface area contributed by atoms with E-state index in [-0.39, 0.29) is 11.6 Å². The van der Waals surface area contributed by atoms with E-state index >= 15 is 0 Å². The molecule has 0 aliphatic heterocycles. The Balaban J connectivity index is 1.35. The standard InChI is InChI=1S/C21H24ClN5O2/c1-25-18(28)12-26(21(25)29)10-13-4-6-15(7-5-13)16-8-9-17-20(19(16)22)23-24-27(17)11-14-2-3-14/h6,8-9,12-14,28H,2-5,7,10-11H2,1H3. The summed E-state index contributed by atoms with van der Waals surface area (Å²) in [6, 6.07) is 4.17. The van der Waals surface area contributed by atoms with Crippen LogP contribution in [0.25, 0.3) is 16.6 Å². The van der Waals surface area contributed by atoms with Gasteiger partial charge in [-0.05, 0) is 61.1 Å². The van der Waals surface area contributed by atoms with Crippen molar-refractivity contribution < 1.29 is 5.11 Å². The summed E-state index contributed by atoms with van der Waals surface area (Å²) < 4.78 is 4.83. The number of imidazole rings is 1. The lowest BCUT2D eigenvalue weighted by Crippen LogP contribution is -2.25. The second-order valence-corrected chi connectivity index (χ2v) is 8.74. The molecule has 1 atom stereocenters. The number of benzene rings is 1. The highest BCUT2D eigenvalue weighted by Crippen LogP contribution is 2.38. The maximum absolute atomic E-state index is 12.1. The van der Waals surface area contributed by atoms with E-state index in [1.807, 2.05) is 4.68 Å². The predicted octanol–water partition coefficient (Wildman–Crippen LogP) is 3.58. The van der Waals surface area contributed by atoms with Crippen LogP contribution in [-0.4, -0.2) is 29.2 Å². The smallest absolute Gasteiger partial charge is 0.330 e. The third kappa shape index (κ3) is 3.37. The lowest BCUT2D eigenvalue weighted by molar-refractivity contribution is 0.406. The molecule has 2 heterocycles. The number of nitrogens with zero attached hydrogens (tertiary/aromatic N) is 5. The van der Waals surface area contributed by atoms with Gasteiger partial charge in [0.15, 0.2) is 0 Å². The van der Waals surface area contributed by atoms with E-state index in [1.165, 1.54) is 29.2 Å². The molecular formula is C21H24ClN5O2. The van der Waals surface area contributed by atoms with Crippen LogP contribution in [-0.2, 0) is 20.1 Å². The van der Waals surface area contributed by atoms with Crippen LogP contribution in [0, 0.1) is 11.8 Å². The Labute approximate surface area is 173 Å². The molecule has 0 spiro atoms. The summed E-state index contributed by atoms with van der Waals surface area (Å²) in [5, 5.41) is 19.0. The minimum absolute atomic E-state index is 0.00291. The van der Waals surface area contributed by atoms with Crippen LogP contribution < -0.4 is 5.69 Å². The van der Waals surface area contributed by atoms with Gasteiger partial charge in [-0.25, -0.2) is 9.48 Å². The zero-order valence-corrected chi connectivity index (χ0v) is 17.1. The number of allylic oxidation sites excluding steroid dienone is 2. The third-order valence-electron chi connectivity index (χ3n) is 6.22. The van der Waals surface area contributed by atoms with Gasteiger partial charge in [0.2, 0.25) is 5.88 Å². The summed E-state index contributed by atoms with van der Waals surface area (Å²) >= 11 is 6.71. The first-order valence-electron chi connectivity index (χ1n) is 10.2. The fraction of sp³-hybridized carbons (Fsp3) is 0.476. The number of aromatic nitrogens is 5. The van der Waals surface area contributed by atoms with Crippen molar-refractivity contribution in [3.63, 3.8) is 0 Å². The van der Waals surface area contributed by atoms with Gasteiger partial charge in [-0.2, -0.15) is 0 Å². The van der Waals surface area contributed by atoms with Crippen molar-refractivity contribution in [1.29, 1.82) is 0 Å². The summed E-state index contributed by atoms with van der Waals surface area (Å²) in [7, 11) is 1.58. The third-order valence-corrected chi connectivity index (χ3v) is 6.60. The topological polar surface area (TPSA) is 77.9 Å². The molecule has 5 rings (SSSR count). The molecule has 29 heavy (non-hydrogen) atoms. The van der Waals surface area contributed by atoms with Gasteiger partial charge in [0.05, 0.1) is 16.7 Å². The van der Waals surface area contributed by atoms with Gasteiger partial charge in [-0.15, -0.1) is 5.10 Å². The second kappa shape index (κ2) is 7.06. The fourth-order valence-corrected chi connectivity index (χ4v) is 4.53. The Morgan fingerprint density at radius 2 is 2.03 bits per heavy atom. The minimum atomic E-state index is -0.181. The van der Waals surface area contributed by atoms with Crippen molar-refractivity contribution >= 4 is 28.2 Å². The Morgan fingerprint density at radius 1 is 1.21 bits per heavy atom. The van der Waals surface area contributed by atoms with Gasteiger partial charge in [0, 0.05) is 20.1 Å². The van der Waals surface area contributed by atoms with Crippen LogP contribution in [0.4, 0.5) is 0 Å². The van der Waals surface area contributed by atoms with Crippen LogP contribution in [0.15, 0.2) is 29.2 Å². The van der Waals surface area contributed by atoms with Gasteiger partial charge < -0.3 is 5.11 Å². The van der Waals surface area contributed by atoms with Gasteiger partial charge in [0.1, 0.15) is 5.52 Å². The van der Waals surface area contributed by atoms with Crippen molar-refractivity contribution in [1.82, 2.24) is 24.1 Å². The van der Waals surface area contributed by atoms with Crippen LogP contribution in [0.5, 0.6) is 5.88 Å². The van der Waals surface area contributed by atoms with E-state index in [2.05, 4.69) is 28.5 Å².